The summed E-state index contributed by atoms with van der Waals surface area (Å²) >= 11 is 0. The summed E-state index contributed by atoms with van der Waals surface area (Å²) in [6.45, 7) is -11.1. The number of alkyl halides is 4. The first-order chi connectivity index (χ1) is 26.0. The summed E-state index contributed by atoms with van der Waals surface area (Å²) in [6, 6.07) is 0. The van der Waals surface area contributed by atoms with Gasteiger partial charge >= 0.3 is 0 Å². The lowest BCUT2D eigenvalue weighted by molar-refractivity contribution is -0.193. The fourth-order valence-electron chi connectivity index (χ4n) is 3.93. The Kier molecular flexibility index (Phi) is 38.2. The molecule has 0 saturated heterocycles. The van der Waals surface area contributed by atoms with Crippen LogP contribution in [-0.4, -0.2) is 184 Å². The largest absolute Gasteiger partial charge is 0.376 e. The smallest absolute Gasteiger partial charge is 0.188 e. The van der Waals surface area contributed by atoms with E-state index >= 15 is 0 Å². The van der Waals surface area contributed by atoms with Crippen LogP contribution in [0.15, 0.2) is 0 Å². The third kappa shape index (κ3) is 30.7. The topological polar surface area (TPSA) is 148 Å². The summed E-state index contributed by atoms with van der Waals surface area (Å²) in [5.41, 5.74) is -1.46. The highest BCUT2D eigenvalue weighted by Crippen LogP contribution is 2.25. The molecule has 0 aliphatic carbocycles. The molecule has 0 atom stereocenters. The molecule has 24 heteroatoms. The molecule has 0 heterocycles. The molecule has 0 amide bonds. The predicted octanol–water partition coefficient (Wildman–Crippen LogP) is 2.96. The van der Waals surface area contributed by atoms with Gasteiger partial charge in [0.15, 0.2) is 27.4 Å². The van der Waals surface area contributed by atoms with Crippen LogP contribution in [0.5, 0.6) is 0 Å². The van der Waals surface area contributed by atoms with E-state index in [9.17, 15) is 35.7 Å². The molecule has 0 saturated carbocycles. The van der Waals surface area contributed by atoms with Crippen molar-refractivity contribution in [1.29, 1.82) is 0 Å². The molecular formula is C29H52F8O16. The molecule has 0 aliphatic heterocycles. The van der Waals surface area contributed by atoms with Crippen molar-refractivity contribution in [2.75, 3.05) is 160 Å². The van der Waals surface area contributed by atoms with Crippen LogP contribution < -0.4 is 0 Å². The van der Waals surface area contributed by atoms with Gasteiger partial charge in [0.05, 0.1) is 111 Å². The number of hydrogen-bond donors (Lipinski definition) is 0. The highest BCUT2D eigenvalue weighted by molar-refractivity contribution is 4.83. The van der Waals surface area contributed by atoms with Crippen LogP contribution >= 0.6 is 0 Å². The Morgan fingerprint density at radius 1 is 0.302 bits per heavy atom. The summed E-state index contributed by atoms with van der Waals surface area (Å²) in [6.07, 6.45) is -3.99. The molecule has 0 aromatic carbocycles. The van der Waals surface area contributed by atoms with Crippen LogP contribution in [0.25, 0.3) is 0 Å². The maximum absolute atomic E-state index is 12.9. The number of rotatable bonds is 44. The second-order valence-electron chi connectivity index (χ2n) is 10.7. The Balaban J connectivity index is 6.57. The molecular weight excluding hydrogens is 756 g/mol. The van der Waals surface area contributed by atoms with Crippen molar-refractivity contribution in [3.8, 4) is 0 Å². The van der Waals surface area contributed by atoms with E-state index in [-0.39, 0.29) is 92.5 Å². The van der Waals surface area contributed by atoms with Crippen LogP contribution in [-0.2, 0) is 76.6 Å². The van der Waals surface area contributed by atoms with Crippen LogP contribution in [0.1, 0.15) is 0 Å². The summed E-state index contributed by atoms with van der Waals surface area (Å²) in [4.78, 5) is 14.0. The minimum atomic E-state index is -1.46. The van der Waals surface area contributed by atoms with Gasteiger partial charge in [-0.15, -0.1) is 0 Å². The van der Waals surface area contributed by atoms with Gasteiger partial charge in [0.25, 0.3) is 0 Å². The third-order valence-corrected chi connectivity index (χ3v) is 6.46. The van der Waals surface area contributed by atoms with E-state index in [4.69, 9.17) is 56.8 Å². The van der Waals surface area contributed by atoms with Crippen LogP contribution in [0.2, 0.25) is 0 Å². The number of hydrogen-bond acceptors (Lipinski definition) is 16. The zero-order valence-corrected chi connectivity index (χ0v) is 29.3. The first kappa shape index (κ1) is 51.8. The van der Waals surface area contributed by atoms with Gasteiger partial charge in [-0.05, 0) is 18.1 Å². The first-order valence-electron chi connectivity index (χ1n) is 16.2. The quantitative estimate of drug-likeness (QED) is 0.0656. The molecule has 0 rings (SSSR count). The first-order valence-corrected chi connectivity index (χ1v) is 16.2. The molecule has 53 heavy (non-hydrogen) atoms. The van der Waals surface area contributed by atoms with Crippen molar-refractivity contribution >= 4 is 0 Å². The predicted molar refractivity (Wildman–Crippen MR) is 161 cm³/mol. The monoisotopic (exact) mass is 808 g/mol. The maximum Gasteiger partial charge on any atom is 0.188 e. The third-order valence-electron chi connectivity index (χ3n) is 6.46. The Bertz CT molecular complexity index is 654. The average molecular weight is 809 g/mol. The van der Waals surface area contributed by atoms with Crippen molar-refractivity contribution in [3.63, 3.8) is 0 Å². The van der Waals surface area contributed by atoms with Crippen molar-refractivity contribution in [2.45, 2.75) is 24.4 Å². The minimum Gasteiger partial charge on any atom is -0.376 e. The second-order valence-corrected chi connectivity index (χ2v) is 10.7. The van der Waals surface area contributed by atoms with Crippen LogP contribution in [0.4, 0.5) is 35.7 Å². The van der Waals surface area contributed by atoms with Crippen molar-refractivity contribution < 1.29 is 112 Å². The fraction of sp³-hybridized carbons (Fsp3) is 1.00. The highest BCUT2D eigenvalue weighted by atomic mass is 19.3. The van der Waals surface area contributed by atoms with Gasteiger partial charge in [0, 0.05) is 0 Å². The molecule has 0 fully saturated rings. The zero-order chi connectivity index (χ0) is 39.1. The van der Waals surface area contributed by atoms with E-state index < -0.39 is 96.9 Å². The summed E-state index contributed by atoms with van der Waals surface area (Å²) in [5.74, 6) is 0. The molecule has 0 spiro atoms. The number of halogens is 8. The molecule has 0 N–H and O–H groups in total. The number of ether oxygens (including phenoxy) is 12. The zero-order valence-electron chi connectivity index (χ0n) is 29.3. The Hall–Kier alpha value is -1.20. The average Bonchev–Trinajstić information content (AvgIpc) is 3.17. The highest BCUT2D eigenvalue weighted by Gasteiger charge is 2.37. The molecule has 0 aromatic heterocycles. The van der Waals surface area contributed by atoms with Gasteiger partial charge in [0.2, 0.25) is 0 Å². The lowest BCUT2D eigenvalue weighted by Crippen LogP contribution is -2.48. The molecule has 0 aromatic rings. The fourth-order valence-corrected chi connectivity index (χ4v) is 3.93. The molecule has 16 nitrogen and oxygen atoms in total. The lowest BCUT2D eigenvalue weighted by Gasteiger charge is -2.37. The molecule has 320 valence electrons. The SMILES string of the molecule is FCOCC(COCF)OCC(COC(COCF)COCF)(COC(COCCOF)COCCOF)COC(COCCOF)COCCOF. The van der Waals surface area contributed by atoms with Gasteiger partial charge in [-0.25, -0.2) is 17.6 Å². The second kappa shape index (κ2) is 39.1. The van der Waals surface area contributed by atoms with E-state index in [1.54, 1.807) is 0 Å². The van der Waals surface area contributed by atoms with Crippen molar-refractivity contribution in [3.05, 3.63) is 0 Å². The Morgan fingerprint density at radius 3 is 0.698 bits per heavy atom. The van der Waals surface area contributed by atoms with Gasteiger partial charge in [-0.1, -0.05) is 0 Å². The minimum absolute atomic E-state index is 0.192. The van der Waals surface area contributed by atoms with Gasteiger partial charge in [0.1, 0.15) is 50.8 Å². The summed E-state index contributed by atoms with van der Waals surface area (Å²) in [7, 11) is 0. The van der Waals surface area contributed by atoms with Gasteiger partial charge in [-0.2, -0.15) is 19.8 Å². The van der Waals surface area contributed by atoms with Crippen LogP contribution in [0, 0.1) is 5.41 Å². The Morgan fingerprint density at radius 2 is 0.509 bits per heavy atom. The molecule has 0 aliphatic rings. The van der Waals surface area contributed by atoms with E-state index in [2.05, 4.69) is 19.8 Å². The van der Waals surface area contributed by atoms with Crippen molar-refractivity contribution in [1.82, 2.24) is 0 Å². The molecule has 0 unspecified atom stereocenters. The standard InChI is InChI=1S/C29H52F8O16/c30-21-42-13-27(14-43-22-31)48-19-29(20-49-28(15-44-23-32)16-45-24-33,17-46-25(9-38-1-5-50-34)10-39-2-6-51-35)18-47-26(11-40-3-7-52-36)12-41-4-8-53-37/h25-28H,1-24H2. The van der Waals surface area contributed by atoms with E-state index in [0.717, 1.165) is 0 Å². The van der Waals surface area contributed by atoms with E-state index in [0.29, 0.717) is 0 Å². The summed E-state index contributed by atoms with van der Waals surface area (Å²) in [5, 5.41) is 0. The molecule has 0 bridgehead atoms. The van der Waals surface area contributed by atoms with Crippen LogP contribution in [0.3, 0.4) is 0 Å². The summed E-state index contributed by atoms with van der Waals surface area (Å²) < 4.78 is 165. The lowest BCUT2D eigenvalue weighted by atomic mass is 9.91. The van der Waals surface area contributed by atoms with Crippen molar-refractivity contribution in [2.24, 2.45) is 5.41 Å². The van der Waals surface area contributed by atoms with Gasteiger partial charge in [-0.3, -0.25) is 0 Å². The molecule has 0 radical (unpaired) electrons. The van der Waals surface area contributed by atoms with E-state index in [1.807, 2.05) is 0 Å². The van der Waals surface area contributed by atoms with Gasteiger partial charge < -0.3 is 56.8 Å². The maximum atomic E-state index is 12.9. The Labute approximate surface area is 302 Å². The normalized spacial score (nSPS) is 12.5. The van der Waals surface area contributed by atoms with E-state index in [1.165, 1.54) is 0 Å².